The van der Waals surface area contributed by atoms with Gasteiger partial charge in [0.05, 0.1) is 0 Å². The first-order valence-electron chi connectivity index (χ1n) is 4.95. The zero-order valence-corrected chi connectivity index (χ0v) is 9.13. The number of nitrogens with one attached hydrogen (secondary N) is 1. The molecule has 1 fully saturated rings. The molecule has 0 saturated carbocycles. The van der Waals surface area contributed by atoms with E-state index in [-0.39, 0.29) is 12.2 Å². The highest BCUT2D eigenvalue weighted by molar-refractivity contribution is 7.99. The summed E-state index contributed by atoms with van der Waals surface area (Å²) in [7, 11) is 0. The largest absolute Gasteiger partial charge is 0.445 e. The molecule has 1 aliphatic heterocycles. The first kappa shape index (κ1) is 10.4. The Morgan fingerprint density at radius 2 is 2.20 bits per heavy atom. The van der Waals surface area contributed by atoms with Crippen LogP contribution in [0.3, 0.4) is 0 Å². The number of hydrogen-bond donors (Lipinski definition) is 1. The lowest BCUT2D eigenvalue weighted by atomic mass is 10.3. The predicted molar refractivity (Wildman–Crippen MR) is 62.3 cm³/mol. The van der Waals surface area contributed by atoms with Gasteiger partial charge in [0.2, 0.25) is 0 Å². The predicted octanol–water partition coefficient (Wildman–Crippen LogP) is 2.74. The summed E-state index contributed by atoms with van der Waals surface area (Å²) in [6, 6.07) is 9.33. The van der Waals surface area contributed by atoms with Crippen LogP contribution in [0, 0.1) is 0 Å². The van der Waals surface area contributed by atoms with Gasteiger partial charge in [-0.3, -0.25) is 5.32 Å². The molecule has 1 saturated heterocycles. The molecule has 1 N–H and O–H groups in total. The topological polar surface area (TPSA) is 38.3 Å². The van der Waals surface area contributed by atoms with Crippen LogP contribution in [-0.4, -0.2) is 23.7 Å². The number of ether oxygens (including phenoxy) is 1. The van der Waals surface area contributed by atoms with Gasteiger partial charge in [-0.25, -0.2) is 4.79 Å². The first-order valence-corrected chi connectivity index (χ1v) is 6.10. The van der Waals surface area contributed by atoms with Crippen molar-refractivity contribution in [2.24, 2.45) is 0 Å². The molecule has 1 aromatic rings. The summed E-state index contributed by atoms with van der Waals surface area (Å²) in [6.07, 6.45) is 0.694. The fourth-order valence-corrected chi connectivity index (χ4v) is 2.52. The Bertz CT molecular complexity index is 323. The van der Waals surface area contributed by atoms with E-state index in [2.05, 4.69) is 5.32 Å². The Morgan fingerprint density at radius 3 is 2.87 bits per heavy atom. The van der Waals surface area contributed by atoms with Crippen molar-refractivity contribution in [1.29, 1.82) is 0 Å². The van der Waals surface area contributed by atoms with Crippen molar-refractivity contribution in [1.82, 2.24) is 0 Å². The van der Waals surface area contributed by atoms with Gasteiger partial charge in [0.25, 0.3) is 0 Å². The fraction of sp³-hybridized carbons (Fsp3) is 0.364. The van der Waals surface area contributed by atoms with E-state index < -0.39 is 0 Å². The summed E-state index contributed by atoms with van der Waals surface area (Å²) in [4.78, 5) is 11.4. The minimum Gasteiger partial charge on any atom is -0.445 e. The lowest BCUT2D eigenvalue weighted by Crippen LogP contribution is -2.21. The quantitative estimate of drug-likeness (QED) is 0.837. The summed E-state index contributed by atoms with van der Waals surface area (Å²) in [6.45, 7) is 0. The van der Waals surface area contributed by atoms with Gasteiger partial charge >= 0.3 is 6.09 Å². The third-order valence-corrected chi connectivity index (χ3v) is 3.31. The van der Waals surface area contributed by atoms with E-state index in [0.29, 0.717) is 0 Å². The van der Waals surface area contributed by atoms with Crippen molar-refractivity contribution in [3.8, 4) is 0 Å². The van der Waals surface area contributed by atoms with Crippen molar-refractivity contribution in [3.63, 3.8) is 0 Å². The molecule has 0 bridgehead atoms. The monoisotopic (exact) mass is 223 g/mol. The molecule has 4 heteroatoms. The third-order valence-electron chi connectivity index (χ3n) is 2.18. The molecule has 3 nitrogen and oxygen atoms in total. The molecule has 1 atom stereocenters. The highest BCUT2D eigenvalue weighted by atomic mass is 32.2. The van der Waals surface area contributed by atoms with Crippen LogP contribution in [0.1, 0.15) is 6.42 Å². The van der Waals surface area contributed by atoms with E-state index in [0.717, 1.165) is 23.6 Å². The molecular formula is C11H13NO2S. The van der Waals surface area contributed by atoms with Crippen LogP contribution in [0.4, 0.5) is 10.5 Å². The van der Waals surface area contributed by atoms with Gasteiger partial charge in [0.15, 0.2) is 0 Å². The zero-order valence-electron chi connectivity index (χ0n) is 8.31. The van der Waals surface area contributed by atoms with E-state index in [9.17, 15) is 4.79 Å². The van der Waals surface area contributed by atoms with Crippen molar-refractivity contribution in [3.05, 3.63) is 30.3 Å². The molecule has 80 valence electrons. The van der Waals surface area contributed by atoms with Crippen LogP contribution in [0.2, 0.25) is 0 Å². The Morgan fingerprint density at radius 1 is 1.40 bits per heavy atom. The molecule has 1 aliphatic rings. The normalized spacial score (nSPS) is 19.9. The molecule has 0 aliphatic carbocycles. The smallest absolute Gasteiger partial charge is 0.411 e. The number of benzene rings is 1. The molecule has 1 aromatic carbocycles. The summed E-state index contributed by atoms with van der Waals surface area (Å²) in [5.41, 5.74) is 0.771. The van der Waals surface area contributed by atoms with Gasteiger partial charge in [0.1, 0.15) is 6.10 Å². The Balaban J connectivity index is 1.82. The molecule has 1 amide bonds. The molecule has 2 rings (SSSR count). The maximum atomic E-state index is 11.4. The van der Waals surface area contributed by atoms with E-state index in [1.165, 1.54) is 0 Å². The summed E-state index contributed by atoms with van der Waals surface area (Å²) >= 11 is 1.83. The first-order chi connectivity index (χ1) is 7.34. The Hall–Kier alpha value is -1.16. The molecule has 0 radical (unpaired) electrons. The Labute approximate surface area is 93.2 Å². The second-order valence-electron chi connectivity index (χ2n) is 3.38. The zero-order chi connectivity index (χ0) is 10.5. The maximum Gasteiger partial charge on any atom is 0.411 e. The molecular weight excluding hydrogens is 210 g/mol. The van der Waals surface area contributed by atoms with Crippen LogP contribution in [0.15, 0.2) is 30.3 Å². The molecule has 1 heterocycles. The van der Waals surface area contributed by atoms with Gasteiger partial charge in [-0.15, -0.1) is 0 Å². The molecule has 0 unspecified atom stereocenters. The average molecular weight is 223 g/mol. The maximum absolute atomic E-state index is 11.4. The van der Waals surface area contributed by atoms with E-state index >= 15 is 0 Å². The molecule has 15 heavy (non-hydrogen) atoms. The number of carbonyl (C=O) groups excluding carboxylic acids is 1. The lowest BCUT2D eigenvalue weighted by Gasteiger charge is -2.11. The summed E-state index contributed by atoms with van der Waals surface area (Å²) < 4.78 is 5.24. The van der Waals surface area contributed by atoms with E-state index in [1.54, 1.807) is 0 Å². The van der Waals surface area contributed by atoms with E-state index in [1.807, 2.05) is 42.1 Å². The van der Waals surface area contributed by atoms with E-state index in [4.69, 9.17) is 4.74 Å². The van der Waals surface area contributed by atoms with Crippen LogP contribution in [-0.2, 0) is 4.74 Å². The van der Waals surface area contributed by atoms with Crippen molar-refractivity contribution in [2.45, 2.75) is 12.5 Å². The standard InChI is InChI=1S/C11H13NO2S/c13-11(14-10-6-7-15-8-10)12-9-4-2-1-3-5-9/h1-5,10H,6-8H2,(H,12,13)/t10-/m0/s1. The lowest BCUT2D eigenvalue weighted by molar-refractivity contribution is 0.124. The number of thioether (sulfide) groups is 1. The SMILES string of the molecule is O=C(Nc1ccccc1)O[C@H]1CCSC1. The van der Waals surface area contributed by atoms with Crippen LogP contribution >= 0.6 is 11.8 Å². The number of para-hydroxylation sites is 1. The number of hydrogen-bond acceptors (Lipinski definition) is 3. The minimum atomic E-state index is -0.353. The van der Waals surface area contributed by atoms with Gasteiger partial charge in [-0.1, -0.05) is 18.2 Å². The fourth-order valence-electron chi connectivity index (χ4n) is 1.43. The van der Waals surface area contributed by atoms with Gasteiger partial charge in [-0.2, -0.15) is 11.8 Å². The number of amides is 1. The highest BCUT2D eigenvalue weighted by Crippen LogP contribution is 2.20. The molecule has 0 aromatic heterocycles. The third kappa shape index (κ3) is 3.16. The second kappa shape index (κ2) is 5.07. The van der Waals surface area contributed by atoms with Gasteiger partial charge in [0, 0.05) is 11.4 Å². The number of rotatable bonds is 2. The summed E-state index contributed by atoms with van der Waals surface area (Å²) in [5.74, 6) is 2.01. The minimum absolute atomic E-state index is 0.0821. The van der Waals surface area contributed by atoms with Crippen molar-refractivity contribution >= 4 is 23.5 Å². The summed E-state index contributed by atoms with van der Waals surface area (Å²) in [5, 5.41) is 2.70. The van der Waals surface area contributed by atoms with Crippen LogP contribution < -0.4 is 5.32 Å². The Kier molecular flexibility index (Phi) is 3.50. The highest BCUT2D eigenvalue weighted by Gasteiger charge is 2.19. The van der Waals surface area contributed by atoms with Gasteiger partial charge < -0.3 is 4.74 Å². The second-order valence-corrected chi connectivity index (χ2v) is 4.53. The van der Waals surface area contributed by atoms with Crippen LogP contribution in [0.25, 0.3) is 0 Å². The van der Waals surface area contributed by atoms with Crippen LogP contribution in [0.5, 0.6) is 0 Å². The number of carbonyl (C=O) groups is 1. The van der Waals surface area contributed by atoms with Crippen molar-refractivity contribution < 1.29 is 9.53 Å². The number of anilines is 1. The van der Waals surface area contributed by atoms with Gasteiger partial charge in [-0.05, 0) is 24.3 Å². The average Bonchev–Trinajstić information content (AvgIpc) is 2.71. The van der Waals surface area contributed by atoms with Crippen molar-refractivity contribution in [2.75, 3.05) is 16.8 Å². The molecule has 0 spiro atoms.